The SMILES string of the molecule is COC(=O)N1CCCC(CN(NS(=O)(=O)c2ccc3ccccc3c2)C(=O)NC2CCCC2)C1. The fourth-order valence-corrected chi connectivity index (χ4v) is 5.87. The van der Waals surface area contributed by atoms with Crippen molar-refractivity contribution in [3.63, 3.8) is 0 Å². The molecule has 3 amide bonds. The van der Waals surface area contributed by atoms with Crippen molar-refractivity contribution >= 4 is 32.9 Å². The van der Waals surface area contributed by atoms with Crippen LogP contribution in [-0.4, -0.2) is 63.2 Å². The van der Waals surface area contributed by atoms with Gasteiger partial charge in [0.1, 0.15) is 0 Å². The smallest absolute Gasteiger partial charge is 0.409 e. The Hall–Kier alpha value is -2.85. The third-order valence-electron chi connectivity index (χ3n) is 6.58. The van der Waals surface area contributed by atoms with Gasteiger partial charge in [0.25, 0.3) is 10.0 Å². The number of rotatable bonds is 6. The van der Waals surface area contributed by atoms with Crippen molar-refractivity contribution in [2.45, 2.75) is 49.5 Å². The molecule has 34 heavy (non-hydrogen) atoms. The molecule has 1 saturated carbocycles. The first kappa shape index (κ1) is 24.3. The minimum Gasteiger partial charge on any atom is -0.453 e. The van der Waals surface area contributed by atoms with Gasteiger partial charge in [-0.2, -0.15) is 0 Å². The summed E-state index contributed by atoms with van der Waals surface area (Å²) in [4.78, 5) is 29.3. The molecule has 4 rings (SSSR count). The summed E-state index contributed by atoms with van der Waals surface area (Å²) in [5.41, 5.74) is 0. The molecule has 1 saturated heterocycles. The van der Waals surface area contributed by atoms with E-state index in [-0.39, 0.29) is 23.4 Å². The average Bonchev–Trinajstić information content (AvgIpc) is 3.36. The lowest BCUT2D eigenvalue weighted by atomic mass is 9.98. The average molecular weight is 489 g/mol. The highest BCUT2D eigenvalue weighted by Crippen LogP contribution is 2.22. The molecule has 1 atom stereocenters. The Balaban J connectivity index is 1.53. The number of carbonyl (C=O) groups excluding carboxylic acids is 2. The van der Waals surface area contributed by atoms with E-state index in [2.05, 4.69) is 10.1 Å². The van der Waals surface area contributed by atoms with Crippen LogP contribution in [0, 0.1) is 5.92 Å². The molecule has 184 valence electrons. The number of ether oxygens (including phenoxy) is 1. The number of hydrogen-bond acceptors (Lipinski definition) is 5. The molecule has 2 N–H and O–H groups in total. The zero-order valence-electron chi connectivity index (χ0n) is 19.4. The van der Waals surface area contributed by atoms with Crippen molar-refractivity contribution in [3.8, 4) is 0 Å². The highest BCUT2D eigenvalue weighted by molar-refractivity contribution is 7.89. The Bertz CT molecular complexity index is 1130. The predicted octanol–water partition coefficient (Wildman–Crippen LogP) is 3.47. The molecular formula is C24H32N4O5S. The highest BCUT2D eigenvalue weighted by atomic mass is 32.2. The summed E-state index contributed by atoms with van der Waals surface area (Å²) >= 11 is 0. The predicted molar refractivity (Wildman–Crippen MR) is 128 cm³/mol. The summed E-state index contributed by atoms with van der Waals surface area (Å²) in [7, 11) is -2.67. The molecule has 2 fully saturated rings. The third kappa shape index (κ3) is 5.79. The van der Waals surface area contributed by atoms with Gasteiger partial charge in [-0.15, -0.1) is 4.83 Å². The summed E-state index contributed by atoms with van der Waals surface area (Å²) in [6, 6.07) is 12.0. The number of hydrogen-bond donors (Lipinski definition) is 2. The Kier molecular flexibility index (Phi) is 7.57. The maximum atomic E-state index is 13.3. The molecule has 1 heterocycles. The van der Waals surface area contributed by atoms with Crippen LogP contribution in [0.25, 0.3) is 10.8 Å². The van der Waals surface area contributed by atoms with Crippen LogP contribution in [-0.2, 0) is 14.8 Å². The van der Waals surface area contributed by atoms with Crippen LogP contribution in [0.2, 0.25) is 0 Å². The van der Waals surface area contributed by atoms with Crippen molar-refractivity contribution in [1.82, 2.24) is 20.1 Å². The number of fused-ring (bicyclic) bond motifs is 1. The molecule has 2 aromatic carbocycles. The minimum absolute atomic E-state index is 0.0399. The van der Waals surface area contributed by atoms with Gasteiger partial charge in [0.2, 0.25) is 0 Å². The van der Waals surface area contributed by atoms with Crippen LogP contribution in [0.4, 0.5) is 9.59 Å². The number of urea groups is 1. The number of piperidine rings is 1. The zero-order valence-corrected chi connectivity index (χ0v) is 20.2. The quantitative estimate of drug-likeness (QED) is 0.606. The van der Waals surface area contributed by atoms with Crippen LogP contribution in [0.1, 0.15) is 38.5 Å². The van der Waals surface area contributed by atoms with Gasteiger partial charge < -0.3 is 15.0 Å². The lowest BCUT2D eigenvalue weighted by Gasteiger charge is -2.35. The van der Waals surface area contributed by atoms with Crippen molar-refractivity contribution in [1.29, 1.82) is 0 Å². The van der Waals surface area contributed by atoms with Gasteiger partial charge in [-0.05, 0) is 54.5 Å². The molecule has 1 aliphatic carbocycles. The molecule has 0 spiro atoms. The molecular weight excluding hydrogens is 456 g/mol. The third-order valence-corrected chi connectivity index (χ3v) is 7.92. The fourth-order valence-electron chi connectivity index (χ4n) is 4.78. The first-order valence-electron chi connectivity index (χ1n) is 11.8. The van der Waals surface area contributed by atoms with Crippen molar-refractivity contribution < 1.29 is 22.7 Å². The van der Waals surface area contributed by atoms with E-state index in [9.17, 15) is 18.0 Å². The molecule has 2 aliphatic rings. The number of amides is 3. The van der Waals surface area contributed by atoms with Crippen molar-refractivity contribution in [2.75, 3.05) is 26.7 Å². The van der Waals surface area contributed by atoms with Crippen molar-refractivity contribution in [2.24, 2.45) is 5.92 Å². The molecule has 10 heteroatoms. The van der Waals surface area contributed by atoms with Gasteiger partial charge in [-0.3, -0.25) is 0 Å². The lowest BCUT2D eigenvalue weighted by Crippen LogP contribution is -2.55. The van der Waals surface area contributed by atoms with Gasteiger partial charge in [-0.1, -0.05) is 43.2 Å². The van der Waals surface area contributed by atoms with E-state index >= 15 is 0 Å². The van der Waals surface area contributed by atoms with Gasteiger partial charge in [0.15, 0.2) is 0 Å². The monoisotopic (exact) mass is 488 g/mol. The highest BCUT2D eigenvalue weighted by Gasteiger charge is 2.31. The second-order valence-corrected chi connectivity index (χ2v) is 10.7. The topological polar surface area (TPSA) is 108 Å². The summed E-state index contributed by atoms with van der Waals surface area (Å²) in [6.07, 6.45) is 4.99. The summed E-state index contributed by atoms with van der Waals surface area (Å²) in [5.74, 6) is -0.0820. The Labute approximate surface area is 200 Å². The van der Waals surface area contributed by atoms with Crippen LogP contribution in [0.3, 0.4) is 0 Å². The van der Waals surface area contributed by atoms with Crippen LogP contribution in [0.15, 0.2) is 47.4 Å². The maximum Gasteiger partial charge on any atom is 0.409 e. The summed E-state index contributed by atoms with van der Waals surface area (Å²) < 4.78 is 31.4. The van der Waals surface area contributed by atoms with E-state index < -0.39 is 22.1 Å². The maximum absolute atomic E-state index is 13.3. The number of likely N-dealkylation sites (tertiary alicyclic amines) is 1. The molecule has 0 bridgehead atoms. The molecule has 0 aromatic heterocycles. The second kappa shape index (κ2) is 10.6. The van der Waals surface area contributed by atoms with Gasteiger partial charge in [-0.25, -0.2) is 23.0 Å². The zero-order chi connectivity index (χ0) is 24.1. The Morgan fingerprint density at radius 3 is 2.53 bits per heavy atom. The first-order chi connectivity index (χ1) is 16.4. The molecule has 2 aromatic rings. The van der Waals surface area contributed by atoms with Crippen molar-refractivity contribution in [3.05, 3.63) is 42.5 Å². The molecule has 1 aliphatic heterocycles. The van der Waals surface area contributed by atoms with E-state index in [4.69, 9.17) is 4.74 Å². The summed E-state index contributed by atoms with van der Waals surface area (Å²) in [6.45, 7) is 1.14. The number of carbonyl (C=O) groups is 2. The number of hydrazine groups is 1. The number of benzene rings is 2. The van der Waals surface area contributed by atoms with Gasteiger partial charge >= 0.3 is 12.1 Å². The second-order valence-electron chi connectivity index (χ2n) is 9.07. The van der Waals surface area contributed by atoms with E-state index in [1.165, 1.54) is 13.2 Å². The van der Waals surface area contributed by atoms with E-state index in [0.717, 1.165) is 54.3 Å². The molecule has 1 unspecified atom stereocenters. The van der Waals surface area contributed by atoms with E-state index in [0.29, 0.717) is 13.1 Å². The number of methoxy groups -OCH3 is 1. The Morgan fingerprint density at radius 2 is 1.79 bits per heavy atom. The minimum atomic E-state index is -4.01. The van der Waals surface area contributed by atoms with Crippen LogP contribution in [0.5, 0.6) is 0 Å². The number of sulfonamides is 1. The van der Waals surface area contributed by atoms with Gasteiger partial charge in [0.05, 0.1) is 12.0 Å². The normalized spacial score (nSPS) is 19.2. The standard InChI is InChI=1S/C24H32N4O5S/c1-33-24(30)27-14-6-7-18(16-27)17-28(23(29)25-21-10-4-5-11-21)26-34(31,32)22-13-12-19-8-2-3-9-20(19)15-22/h2-3,8-9,12-13,15,18,21,26H,4-7,10-11,14,16-17H2,1H3,(H,25,29). The lowest BCUT2D eigenvalue weighted by molar-refractivity contribution is 0.0922. The van der Waals surface area contributed by atoms with Crippen LogP contribution >= 0.6 is 0 Å². The molecule has 0 radical (unpaired) electrons. The number of nitrogens with one attached hydrogen (secondary N) is 2. The van der Waals surface area contributed by atoms with E-state index in [1.807, 2.05) is 24.3 Å². The largest absolute Gasteiger partial charge is 0.453 e. The summed E-state index contributed by atoms with van der Waals surface area (Å²) in [5, 5.41) is 5.87. The van der Waals surface area contributed by atoms with Crippen LogP contribution < -0.4 is 10.1 Å². The Morgan fingerprint density at radius 1 is 1.06 bits per heavy atom. The number of nitrogens with zero attached hydrogens (tertiary/aromatic N) is 2. The van der Waals surface area contributed by atoms with E-state index in [1.54, 1.807) is 17.0 Å². The fraction of sp³-hybridized carbons (Fsp3) is 0.500. The van der Waals surface area contributed by atoms with Gasteiger partial charge in [0, 0.05) is 25.7 Å². The molecule has 9 nitrogen and oxygen atoms in total. The first-order valence-corrected chi connectivity index (χ1v) is 13.3.